The van der Waals surface area contributed by atoms with Gasteiger partial charge in [0.2, 0.25) is 0 Å². The molecule has 0 fully saturated rings. The lowest BCUT2D eigenvalue weighted by molar-refractivity contribution is -0.154. The van der Waals surface area contributed by atoms with Crippen LogP contribution in [-0.4, -0.2) is 58.6 Å². The Morgan fingerprint density at radius 1 is 0.923 bits per heavy atom. The van der Waals surface area contributed by atoms with E-state index in [4.69, 9.17) is 11.6 Å². The van der Waals surface area contributed by atoms with Crippen molar-refractivity contribution in [1.29, 1.82) is 0 Å². The van der Waals surface area contributed by atoms with E-state index in [1.54, 1.807) is 23.9 Å². The molecule has 0 aromatic carbocycles. The van der Waals surface area contributed by atoms with Crippen molar-refractivity contribution in [2.45, 2.75) is 16.0 Å². The Hall–Kier alpha value is -1.91. The fourth-order valence-corrected chi connectivity index (χ4v) is 2.61. The van der Waals surface area contributed by atoms with Crippen molar-refractivity contribution in [3.63, 3.8) is 0 Å². The maximum Gasteiger partial charge on any atom is 0.326 e. The number of ether oxygens (including phenoxy) is 2. The predicted octanol–water partition coefficient (Wildman–Crippen LogP) is 2.48. The monoisotopic (exact) mass is 416 g/mol. The molecule has 0 atom stereocenters. The number of nitrogens with zero attached hydrogens (tertiary/aromatic N) is 4. The number of hydrogen-bond acceptors (Lipinski definition) is 10. The number of thioether (sulfide) groups is 2. The predicted molar refractivity (Wildman–Crippen MR) is 99.4 cm³/mol. The maximum absolute atomic E-state index is 11.5. The second kappa shape index (κ2) is 11.7. The fourth-order valence-electron chi connectivity index (χ4n) is 1.63. The molecular formula is C15H17ClN4O4S2. The standard InChI is InChI=1S/C10H12N2O4S.C5H5ClN2S/c1-15-9(13)8(10(14)16-2)6-4-7(17-3)12-5-11-6;1-9-5-2-4(6)7-3-8-5/h4-5,8H,1-3H3;2-3H,1H3. The van der Waals surface area contributed by atoms with Crippen LogP contribution in [0.2, 0.25) is 5.15 Å². The number of carbonyl (C=O) groups is 2. The van der Waals surface area contributed by atoms with Crippen LogP contribution in [0.25, 0.3) is 0 Å². The summed E-state index contributed by atoms with van der Waals surface area (Å²) in [5.41, 5.74) is 0.267. The molecule has 0 aliphatic carbocycles. The van der Waals surface area contributed by atoms with Gasteiger partial charge in [0.05, 0.1) is 24.9 Å². The fraction of sp³-hybridized carbons (Fsp3) is 0.333. The van der Waals surface area contributed by atoms with Gasteiger partial charge in [0.15, 0.2) is 5.92 Å². The van der Waals surface area contributed by atoms with Crippen LogP contribution in [0.3, 0.4) is 0 Å². The van der Waals surface area contributed by atoms with Crippen LogP contribution < -0.4 is 0 Å². The van der Waals surface area contributed by atoms with Gasteiger partial charge in [0.1, 0.15) is 22.8 Å². The highest BCUT2D eigenvalue weighted by Gasteiger charge is 2.32. The second-order valence-electron chi connectivity index (χ2n) is 4.35. The number of aromatic nitrogens is 4. The van der Waals surface area contributed by atoms with Gasteiger partial charge in [0, 0.05) is 6.07 Å². The zero-order valence-electron chi connectivity index (χ0n) is 14.5. The summed E-state index contributed by atoms with van der Waals surface area (Å²) in [5, 5.41) is 2.05. The molecule has 0 saturated heterocycles. The third-order valence-corrected chi connectivity index (χ3v) is 4.35. The summed E-state index contributed by atoms with van der Waals surface area (Å²) < 4.78 is 9.11. The smallest absolute Gasteiger partial charge is 0.326 e. The summed E-state index contributed by atoms with van der Waals surface area (Å²) in [7, 11) is 2.41. The Bertz CT molecular complexity index is 735. The number of esters is 2. The molecule has 2 heterocycles. The summed E-state index contributed by atoms with van der Waals surface area (Å²) >= 11 is 8.49. The minimum Gasteiger partial charge on any atom is -0.468 e. The van der Waals surface area contributed by atoms with E-state index < -0.39 is 17.9 Å². The topological polar surface area (TPSA) is 104 Å². The van der Waals surface area contributed by atoms with Crippen molar-refractivity contribution in [2.75, 3.05) is 26.7 Å². The maximum atomic E-state index is 11.5. The van der Waals surface area contributed by atoms with Gasteiger partial charge >= 0.3 is 11.9 Å². The van der Waals surface area contributed by atoms with Gasteiger partial charge in [-0.25, -0.2) is 19.9 Å². The number of rotatable bonds is 5. The first-order chi connectivity index (χ1) is 12.5. The number of methoxy groups -OCH3 is 2. The van der Waals surface area contributed by atoms with Gasteiger partial charge in [-0.2, -0.15) is 0 Å². The SMILES string of the molecule is COC(=O)C(C(=O)OC)c1cc(SC)ncn1.CSc1cc(Cl)ncn1. The van der Waals surface area contributed by atoms with Gasteiger partial charge in [-0.3, -0.25) is 9.59 Å². The highest BCUT2D eigenvalue weighted by atomic mass is 35.5. The Kier molecular flexibility index (Phi) is 9.92. The van der Waals surface area contributed by atoms with Crippen LogP contribution in [0.15, 0.2) is 34.8 Å². The number of halogens is 1. The average molecular weight is 417 g/mol. The zero-order chi connectivity index (χ0) is 19.5. The van der Waals surface area contributed by atoms with E-state index in [-0.39, 0.29) is 5.69 Å². The minimum atomic E-state index is -1.17. The molecule has 2 aromatic rings. The van der Waals surface area contributed by atoms with Crippen LogP contribution in [0, 0.1) is 0 Å². The highest BCUT2D eigenvalue weighted by molar-refractivity contribution is 7.98. The molecule has 0 bridgehead atoms. The Morgan fingerprint density at radius 2 is 1.42 bits per heavy atom. The van der Waals surface area contributed by atoms with Crippen LogP contribution in [0.1, 0.15) is 11.6 Å². The van der Waals surface area contributed by atoms with Crippen LogP contribution in [-0.2, 0) is 19.1 Å². The van der Waals surface area contributed by atoms with E-state index in [0.717, 1.165) is 5.03 Å². The first-order valence-electron chi connectivity index (χ1n) is 6.99. The molecule has 140 valence electrons. The lowest BCUT2D eigenvalue weighted by atomic mass is 10.1. The van der Waals surface area contributed by atoms with Gasteiger partial charge in [-0.1, -0.05) is 11.6 Å². The van der Waals surface area contributed by atoms with E-state index in [2.05, 4.69) is 29.4 Å². The van der Waals surface area contributed by atoms with Crippen molar-refractivity contribution in [2.24, 2.45) is 0 Å². The van der Waals surface area contributed by atoms with Gasteiger partial charge in [-0.05, 0) is 18.6 Å². The molecule has 0 amide bonds. The first-order valence-corrected chi connectivity index (χ1v) is 9.82. The van der Waals surface area contributed by atoms with Crippen LogP contribution >= 0.6 is 35.1 Å². The molecule has 0 aliphatic heterocycles. The summed E-state index contributed by atoms with van der Waals surface area (Å²) in [5.74, 6) is -2.58. The molecule has 0 radical (unpaired) electrons. The van der Waals surface area contributed by atoms with Crippen molar-refractivity contribution in [3.05, 3.63) is 35.6 Å². The molecule has 0 aliphatic rings. The Morgan fingerprint density at radius 3 is 1.85 bits per heavy atom. The first kappa shape index (κ1) is 22.1. The Labute approximate surface area is 164 Å². The zero-order valence-corrected chi connectivity index (χ0v) is 16.9. The third kappa shape index (κ3) is 6.77. The highest BCUT2D eigenvalue weighted by Crippen LogP contribution is 2.20. The molecule has 26 heavy (non-hydrogen) atoms. The molecule has 0 unspecified atom stereocenters. The molecule has 8 nitrogen and oxygen atoms in total. The lowest BCUT2D eigenvalue weighted by Crippen LogP contribution is -2.25. The van der Waals surface area contributed by atoms with Crippen molar-refractivity contribution in [3.8, 4) is 0 Å². The van der Waals surface area contributed by atoms with Gasteiger partial charge in [-0.15, -0.1) is 23.5 Å². The molecule has 2 rings (SSSR count). The van der Waals surface area contributed by atoms with Crippen molar-refractivity contribution in [1.82, 2.24) is 19.9 Å². The van der Waals surface area contributed by atoms with Crippen LogP contribution in [0.4, 0.5) is 0 Å². The molecule has 0 spiro atoms. The summed E-state index contributed by atoms with van der Waals surface area (Å²) in [6, 6.07) is 3.29. The van der Waals surface area contributed by atoms with Gasteiger partial charge in [0.25, 0.3) is 0 Å². The summed E-state index contributed by atoms with van der Waals surface area (Å²) in [6.45, 7) is 0. The quantitative estimate of drug-likeness (QED) is 0.312. The van der Waals surface area contributed by atoms with E-state index in [1.165, 1.54) is 38.6 Å². The van der Waals surface area contributed by atoms with Crippen LogP contribution in [0.5, 0.6) is 0 Å². The Balaban J connectivity index is 0.000000314. The summed E-state index contributed by atoms with van der Waals surface area (Å²) in [4.78, 5) is 38.6. The second-order valence-corrected chi connectivity index (χ2v) is 6.39. The molecule has 0 N–H and O–H groups in total. The van der Waals surface area contributed by atoms with Gasteiger partial charge < -0.3 is 9.47 Å². The third-order valence-electron chi connectivity index (χ3n) is 2.86. The molecule has 0 saturated carbocycles. The van der Waals surface area contributed by atoms with E-state index in [1.807, 2.05) is 12.5 Å². The summed E-state index contributed by atoms with van der Waals surface area (Å²) in [6.07, 6.45) is 6.52. The van der Waals surface area contributed by atoms with Crippen molar-refractivity contribution >= 4 is 47.1 Å². The van der Waals surface area contributed by atoms with Crippen molar-refractivity contribution < 1.29 is 19.1 Å². The van der Waals surface area contributed by atoms with E-state index >= 15 is 0 Å². The normalized spacial score (nSPS) is 9.92. The number of carbonyl (C=O) groups excluding carboxylic acids is 2. The lowest BCUT2D eigenvalue weighted by Gasteiger charge is -2.11. The largest absolute Gasteiger partial charge is 0.468 e. The average Bonchev–Trinajstić information content (AvgIpc) is 2.68. The number of hydrogen-bond donors (Lipinski definition) is 0. The molecular weight excluding hydrogens is 400 g/mol. The molecule has 2 aromatic heterocycles. The van der Waals surface area contributed by atoms with E-state index in [0.29, 0.717) is 10.2 Å². The molecule has 11 heteroatoms. The minimum absolute atomic E-state index is 0.267. The van der Waals surface area contributed by atoms with E-state index in [9.17, 15) is 9.59 Å².